The Balaban J connectivity index is 2.94. The van der Waals surface area contributed by atoms with E-state index >= 15 is 0 Å². The first-order valence-corrected chi connectivity index (χ1v) is 6.61. The third kappa shape index (κ3) is 3.87. The fraction of sp³-hybridized carbons (Fsp3) is 0.533. The lowest BCUT2D eigenvalue weighted by Crippen LogP contribution is -2.32. The maximum absolute atomic E-state index is 10.8. The van der Waals surface area contributed by atoms with Crippen LogP contribution in [0.5, 0.6) is 11.5 Å². The smallest absolute Gasteiger partial charge is 0.320 e. The van der Waals surface area contributed by atoms with Crippen LogP contribution in [0.2, 0.25) is 0 Å². The number of rotatable bonds is 7. The molecule has 0 amide bonds. The number of benzene rings is 1. The number of hydrogen-bond acceptors (Lipinski definition) is 4. The van der Waals surface area contributed by atoms with Gasteiger partial charge in [0.15, 0.2) is 0 Å². The second-order valence-corrected chi connectivity index (χ2v) is 5.05. The van der Waals surface area contributed by atoms with Crippen LogP contribution in [-0.4, -0.2) is 31.3 Å². The maximum atomic E-state index is 10.8. The van der Waals surface area contributed by atoms with Crippen LogP contribution in [0, 0.1) is 5.92 Å². The SMILES string of the molecule is COc1ccc(OC)c(C(C)C(C)CC(N)C(=O)O)c1. The summed E-state index contributed by atoms with van der Waals surface area (Å²) in [5.41, 5.74) is 6.60. The molecular weight excluding hydrogens is 258 g/mol. The highest BCUT2D eigenvalue weighted by Crippen LogP contribution is 2.35. The van der Waals surface area contributed by atoms with Gasteiger partial charge in [0.1, 0.15) is 17.5 Å². The third-order valence-electron chi connectivity index (χ3n) is 3.72. The normalized spacial score (nSPS) is 15.2. The fourth-order valence-corrected chi connectivity index (χ4v) is 2.21. The van der Waals surface area contributed by atoms with E-state index in [1.165, 1.54) is 0 Å². The average molecular weight is 281 g/mol. The van der Waals surface area contributed by atoms with E-state index in [0.717, 1.165) is 17.1 Å². The van der Waals surface area contributed by atoms with Crippen molar-refractivity contribution in [1.29, 1.82) is 0 Å². The summed E-state index contributed by atoms with van der Waals surface area (Å²) in [6.07, 6.45) is 0.414. The summed E-state index contributed by atoms with van der Waals surface area (Å²) in [5.74, 6) is 0.783. The van der Waals surface area contributed by atoms with Crippen molar-refractivity contribution in [2.45, 2.75) is 32.2 Å². The van der Waals surface area contributed by atoms with Gasteiger partial charge in [0, 0.05) is 5.56 Å². The Kier molecular flexibility index (Phi) is 5.82. The van der Waals surface area contributed by atoms with Gasteiger partial charge in [-0.2, -0.15) is 0 Å². The molecular formula is C15H23NO4. The molecule has 0 fully saturated rings. The first kappa shape index (κ1) is 16.3. The fourth-order valence-electron chi connectivity index (χ4n) is 2.21. The Morgan fingerprint density at radius 2 is 1.95 bits per heavy atom. The largest absolute Gasteiger partial charge is 0.497 e. The second-order valence-electron chi connectivity index (χ2n) is 5.05. The minimum Gasteiger partial charge on any atom is -0.497 e. The summed E-state index contributed by atoms with van der Waals surface area (Å²) in [7, 11) is 3.23. The quantitative estimate of drug-likeness (QED) is 0.801. The van der Waals surface area contributed by atoms with E-state index in [4.69, 9.17) is 20.3 Å². The number of carboxylic acids is 1. The molecule has 3 unspecified atom stereocenters. The van der Waals surface area contributed by atoms with Crippen LogP contribution in [0.1, 0.15) is 31.7 Å². The van der Waals surface area contributed by atoms with Gasteiger partial charge < -0.3 is 20.3 Å². The van der Waals surface area contributed by atoms with Crippen molar-refractivity contribution in [3.05, 3.63) is 23.8 Å². The predicted molar refractivity (Wildman–Crippen MR) is 77.4 cm³/mol. The van der Waals surface area contributed by atoms with Crippen LogP contribution in [0.4, 0.5) is 0 Å². The van der Waals surface area contributed by atoms with Crippen molar-refractivity contribution in [1.82, 2.24) is 0 Å². The number of ether oxygens (including phenoxy) is 2. The molecule has 1 rings (SSSR count). The van der Waals surface area contributed by atoms with Crippen LogP contribution in [-0.2, 0) is 4.79 Å². The van der Waals surface area contributed by atoms with Gasteiger partial charge in [-0.1, -0.05) is 13.8 Å². The van der Waals surface area contributed by atoms with E-state index in [0.29, 0.717) is 6.42 Å². The summed E-state index contributed by atoms with van der Waals surface area (Å²) < 4.78 is 10.6. The summed E-state index contributed by atoms with van der Waals surface area (Å²) in [4.78, 5) is 10.8. The molecule has 0 heterocycles. The van der Waals surface area contributed by atoms with Gasteiger partial charge in [-0.05, 0) is 36.5 Å². The summed E-state index contributed by atoms with van der Waals surface area (Å²) in [5, 5.41) is 8.90. The number of carboxylic acid groups (broad SMARTS) is 1. The third-order valence-corrected chi connectivity index (χ3v) is 3.72. The highest BCUT2D eigenvalue weighted by Gasteiger charge is 2.23. The Hall–Kier alpha value is -1.75. The van der Waals surface area contributed by atoms with Crippen molar-refractivity contribution >= 4 is 5.97 Å². The van der Waals surface area contributed by atoms with Gasteiger partial charge in [0.25, 0.3) is 0 Å². The molecule has 5 heteroatoms. The molecule has 0 aliphatic rings. The predicted octanol–water partition coefficient (Wildman–Crippen LogP) is 2.25. The highest BCUT2D eigenvalue weighted by atomic mass is 16.5. The van der Waals surface area contributed by atoms with Crippen molar-refractivity contribution in [3.8, 4) is 11.5 Å². The standard InChI is InChI=1S/C15H23NO4/c1-9(7-13(16)15(17)18)10(2)12-8-11(19-3)5-6-14(12)20-4/h5-6,8-10,13H,7,16H2,1-4H3,(H,17,18). The number of nitrogens with two attached hydrogens (primary N) is 1. The average Bonchev–Trinajstić information content (AvgIpc) is 2.45. The van der Waals surface area contributed by atoms with Crippen LogP contribution in [0.25, 0.3) is 0 Å². The van der Waals surface area contributed by atoms with Crippen LogP contribution in [0.15, 0.2) is 18.2 Å². The van der Waals surface area contributed by atoms with E-state index in [9.17, 15) is 4.79 Å². The molecule has 0 radical (unpaired) electrons. The van der Waals surface area contributed by atoms with Crippen molar-refractivity contribution in [3.63, 3.8) is 0 Å². The molecule has 1 aromatic rings. The molecule has 0 aliphatic carbocycles. The van der Waals surface area contributed by atoms with Gasteiger partial charge in [0.05, 0.1) is 14.2 Å². The topological polar surface area (TPSA) is 81.8 Å². The molecule has 5 nitrogen and oxygen atoms in total. The molecule has 1 aromatic carbocycles. The number of carbonyl (C=O) groups is 1. The molecule has 0 saturated carbocycles. The van der Waals surface area contributed by atoms with Crippen molar-refractivity contribution in [2.24, 2.45) is 11.7 Å². The summed E-state index contributed by atoms with van der Waals surface area (Å²) in [6, 6.07) is 4.77. The van der Waals surface area contributed by atoms with Gasteiger partial charge in [-0.15, -0.1) is 0 Å². The minimum absolute atomic E-state index is 0.113. The molecule has 0 aliphatic heterocycles. The van der Waals surface area contributed by atoms with E-state index in [2.05, 4.69) is 0 Å². The maximum Gasteiger partial charge on any atom is 0.320 e. The Bertz CT molecular complexity index is 461. The van der Waals surface area contributed by atoms with Gasteiger partial charge >= 0.3 is 5.97 Å². The molecule has 20 heavy (non-hydrogen) atoms. The number of methoxy groups -OCH3 is 2. The molecule has 3 atom stereocenters. The Morgan fingerprint density at radius 3 is 2.45 bits per heavy atom. The van der Waals surface area contributed by atoms with Crippen LogP contribution < -0.4 is 15.2 Å². The zero-order chi connectivity index (χ0) is 15.3. The first-order valence-electron chi connectivity index (χ1n) is 6.61. The lowest BCUT2D eigenvalue weighted by molar-refractivity contribution is -0.138. The second kappa shape index (κ2) is 7.14. The van der Waals surface area contributed by atoms with E-state index in [1.54, 1.807) is 14.2 Å². The zero-order valence-corrected chi connectivity index (χ0v) is 12.4. The highest BCUT2D eigenvalue weighted by molar-refractivity contribution is 5.73. The van der Waals surface area contributed by atoms with Gasteiger partial charge in [0.2, 0.25) is 0 Å². The van der Waals surface area contributed by atoms with E-state index in [-0.39, 0.29) is 11.8 Å². The summed E-state index contributed by atoms with van der Waals surface area (Å²) >= 11 is 0. The molecule has 0 spiro atoms. The molecule has 0 saturated heterocycles. The lowest BCUT2D eigenvalue weighted by Gasteiger charge is -2.24. The Morgan fingerprint density at radius 1 is 1.30 bits per heavy atom. The van der Waals surface area contributed by atoms with Crippen molar-refractivity contribution < 1.29 is 19.4 Å². The van der Waals surface area contributed by atoms with Crippen molar-refractivity contribution in [2.75, 3.05) is 14.2 Å². The van der Waals surface area contributed by atoms with Gasteiger partial charge in [-0.25, -0.2) is 0 Å². The van der Waals surface area contributed by atoms with Gasteiger partial charge in [-0.3, -0.25) is 4.79 Å². The van der Waals surface area contributed by atoms with Crippen LogP contribution in [0.3, 0.4) is 0 Å². The monoisotopic (exact) mass is 281 g/mol. The summed E-state index contributed by atoms with van der Waals surface area (Å²) in [6.45, 7) is 4.03. The number of aliphatic carboxylic acids is 1. The zero-order valence-electron chi connectivity index (χ0n) is 12.4. The molecule has 3 N–H and O–H groups in total. The Labute approximate surface area is 119 Å². The minimum atomic E-state index is -0.971. The van der Waals surface area contributed by atoms with Crippen LogP contribution >= 0.6 is 0 Å². The number of hydrogen-bond donors (Lipinski definition) is 2. The van der Waals surface area contributed by atoms with E-state index < -0.39 is 12.0 Å². The lowest BCUT2D eigenvalue weighted by atomic mass is 9.84. The van der Waals surface area contributed by atoms with E-state index in [1.807, 2.05) is 32.0 Å². The first-order chi connectivity index (χ1) is 9.40. The molecule has 112 valence electrons. The molecule has 0 bridgehead atoms. The molecule has 0 aromatic heterocycles.